The Labute approximate surface area is 83.9 Å². The molecule has 2 atom stereocenters. The number of carbonyl (C=O) groups is 2. The maximum Gasteiger partial charge on any atom is 0.307 e. The van der Waals surface area contributed by atoms with Crippen LogP contribution in [0.15, 0.2) is 0 Å². The Kier molecular flexibility index (Phi) is 4.60. The standard InChI is InChI=1S/C10H18O4/c1-5(2)7(9(11)12)8(6(3)4)10(13)14/h5-8H,1-4H3,(H,11,12)(H,13,14)/t7-,8-/m0/s1. The van der Waals surface area contributed by atoms with Gasteiger partial charge in [-0.3, -0.25) is 9.59 Å². The number of hydrogen-bond acceptors (Lipinski definition) is 2. The van der Waals surface area contributed by atoms with Crippen LogP contribution in [0, 0.1) is 23.7 Å². The third-order valence-corrected chi connectivity index (χ3v) is 2.39. The topological polar surface area (TPSA) is 74.6 Å². The van der Waals surface area contributed by atoms with E-state index in [4.69, 9.17) is 10.2 Å². The Morgan fingerprint density at radius 2 is 1.00 bits per heavy atom. The first-order valence-corrected chi connectivity index (χ1v) is 4.74. The van der Waals surface area contributed by atoms with Gasteiger partial charge < -0.3 is 10.2 Å². The average Bonchev–Trinajstić information content (AvgIpc) is 1.96. The molecule has 0 unspecified atom stereocenters. The van der Waals surface area contributed by atoms with Gasteiger partial charge in [-0.2, -0.15) is 0 Å². The summed E-state index contributed by atoms with van der Waals surface area (Å²) in [6.07, 6.45) is 0. The van der Waals surface area contributed by atoms with Gasteiger partial charge in [0.1, 0.15) is 0 Å². The largest absolute Gasteiger partial charge is 0.481 e. The van der Waals surface area contributed by atoms with Crippen LogP contribution in [0.2, 0.25) is 0 Å². The first kappa shape index (κ1) is 12.9. The molecular formula is C10H18O4. The molecule has 82 valence electrons. The van der Waals surface area contributed by atoms with Crippen LogP contribution in [0.1, 0.15) is 27.7 Å². The van der Waals surface area contributed by atoms with Gasteiger partial charge in [-0.05, 0) is 11.8 Å². The van der Waals surface area contributed by atoms with Crippen molar-refractivity contribution in [3.05, 3.63) is 0 Å². The predicted molar refractivity (Wildman–Crippen MR) is 51.9 cm³/mol. The second kappa shape index (κ2) is 4.98. The maximum absolute atomic E-state index is 10.9. The quantitative estimate of drug-likeness (QED) is 0.711. The zero-order chi connectivity index (χ0) is 11.5. The second-order valence-electron chi connectivity index (χ2n) is 4.22. The van der Waals surface area contributed by atoms with E-state index in [0.29, 0.717) is 0 Å². The van der Waals surface area contributed by atoms with Gasteiger partial charge in [-0.15, -0.1) is 0 Å². The molecule has 0 aromatic heterocycles. The van der Waals surface area contributed by atoms with Crippen LogP contribution < -0.4 is 0 Å². The highest BCUT2D eigenvalue weighted by Crippen LogP contribution is 2.27. The summed E-state index contributed by atoms with van der Waals surface area (Å²) >= 11 is 0. The minimum Gasteiger partial charge on any atom is -0.481 e. The van der Waals surface area contributed by atoms with E-state index in [2.05, 4.69) is 0 Å². The molecule has 4 heteroatoms. The van der Waals surface area contributed by atoms with E-state index in [1.807, 2.05) is 0 Å². The van der Waals surface area contributed by atoms with Gasteiger partial charge in [-0.25, -0.2) is 0 Å². The molecule has 0 radical (unpaired) electrons. The predicted octanol–water partition coefficient (Wildman–Crippen LogP) is 1.70. The average molecular weight is 202 g/mol. The molecule has 0 rings (SSSR count). The van der Waals surface area contributed by atoms with Gasteiger partial charge in [-0.1, -0.05) is 27.7 Å². The lowest BCUT2D eigenvalue weighted by Gasteiger charge is -2.26. The molecule has 0 aliphatic carbocycles. The first-order valence-electron chi connectivity index (χ1n) is 4.74. The van der Waals surface area contributed by atoms with Crippen molar-refractivity contribution in [2.45, 2.75) is 27.7 Å². The van der Waals surface area contributed by atoms with Crippen LogP contribution in [0.4, 0.5) is 0 Å². The molecule has 0 aliphatic heterocycles. The van der Waals surface area contributed by atoms with Crippen molar-refractivity contribution in [1.82, 2.24) is 0 Å². The van der Waals surface area contributed by atoms with Gasteiger partial charge in [0.2, 0.25) is 0 Å². The summed E-state index contributed by atoms with van der Waals surface area (Å²) in [7, 11) is 0. The van der Waals surface area contributed by atoms with E-state index < -0.39 is 23.8 Å². The summed E-state index contributed by atoms with van der Waals surface area (Å²) in [4.78, 5) is 21.9. The van der Waals surface area contributed by atoms with E-state index in [0.717, 1.165) is 0 Å². The maximum atomic E-state index is 10.9. The summed E-state index contributed by atoms with van der Waals surface area (Å²) in [6.45, 7) is 6.93. The van der Waals surface area contributed by atoms with E-state index in [-0.39, 0.29) is 11.8 Å². The molecule has 0 spiro atoms. The Morgan fingerprint density at radius 3 is 1.07 bits per heavy atom. The highest BCUT2D eigenvalue weighted by atomic mass is 16.4. The fourth-order valence-corrected chi connectivity index (χ4v) is 1.71. The lowest BCUT2D eigenvalue weighted by molar-refractivity contribution is -0.157. The fourth-order valence-electron chi connectivity index (χ4n) is 1.71. The van der Waals surface area contributed by atoms with Crippen molar-refractivity contribution >= 4 is 11.9 Å². The SMILES string of the molecule is CC(C)[C@H](C(=O)O)[C@@H](C(=O)O)C(C)C. The van der Waals surface area contributed by atoms with Gasteiger partial charge in [0.25, 0.3) is 0 Å². The van der Waals surface area contributed by atoms with Crippen LogP contribution in [-0.4, -0.2) is 22.2 Å². The zero-order valence-electron chi connectivity index (χ0n) is 9.02. The number of carboxylic acids is 2. The third-order valence-electron chi connectivity index (χ3n) is 2.39. The molecule has 0 aromatic rings. The minimum atomic E-state index is -1.03. The molecule has 0 aliphatic rings. The molecule has 0 amide bonds. The van der Waals surface area contributed by atoms with Crippen LogP contribution in [0.5, 0.6) is 0 Å². The zero-order valence-corrected chi connectivity index (χ0v) is 9.02. The lowest BCUT2D eigenvalue weighted by atomic mass is 9.77. The summed E-state index contributed by atoms with van der Waals surface area (Å²) in [5.41, 5.74) is 0. The van der Waals surface area contributed by atoms with Gasteiger partial charge >= 0.3 is 11.9 Å². The van der Waals surface area contributed by atoms with Crippen molar-refractivity contribution < 1.29 is 19.8 Å². The Balaban J connectivity index is 4.93. The number of aliphatic carboxylic acids is 2. The van der Waals surface area contributed by atoms with Gasteiger partial charge in [0.05, 0.1) is 11.8 Å². The molecular weight excluding hydrogens is 184 g/mol. The van der Waals surface area contributed by atoms with Crippen LogP contribution in [0.3, 0.4) is 0 Å². The second-order valence-corrected chi connectivity index (χ2v) is 4.22. The molecule has 0 bridgehead atoms. The van der Waals surface area contributed by atoms with E-state index in [1.54, 1.807) is 27.7 Å². The molecule has 14 heavy (non-hydrogen) atoms. The fraction of sp³-hybridized carbons (Fsp3) is 0.800. The first-order chi connectivity index (χ1) is 6.29. The van der Waals surface area contributed by atoms with Crippen molar-refractivity contribution in [2.24, 2.45) is 23.7 Å². The Hall–Kier alpha value is -1.06. The molecule has 2 N–H and O–H groups in total. The van der Waals surface area contributed by atoms with Gasteiger partial charge in [0, 0.05) is 0 Å². The van der Waals surface area contributed by atoms with E-state index in [1.165, 1.54) is 0 Å². The van der Waals surface area contributed by atoms with E-state index >= 15 is 0 Å². The van der Waals surface area contributed by atoms with E-state index in [9.17, 15) is 9.59 Å². The van der Waals surface area contributed by atoms with Crippen molar-refractivity contribution in [3.63, 3.8) is 0 Å². The summed E-state index contributed by atoms with van der Waals surface area (Å²) in [5, 5.41) is 17.9. The summed E-state index contributed by atoms with van der Waals surface area (Å²) in [5.74, 6) is -4.02. The molecule has 0 fully saturated rings. The highest BCUT2D eigenvalue weighted by Gasteiger charge is 2.37. The van der Waals surface area contributed by atoms with Gasteiger partial charge in [0.15, 0.2) is 0 Å². The molecule has 0 aromatic carbocycles. The van der Waals surface area contributed by atoms with Crippen LogP contribution in [0.25, 0.3) is 0 Å². The molecule has 0 heterocycles. The van der Waals surface area contributed by atoms with Crippen LogP contribution in [-0.2, 0) is 9.59 Å². The molecule has 0 saturated carbocycles. The summed E-state index contributed by atoms with van der Waals surface area (Å²) < 4.78 is 0. The third kappa shape index (κ3) is 3.01. The van der Waals surface area contributed by atoms with Crippen molar-refractivity contribution in [3.8, 4) is 0 Å². The smallest absolute Gasteiger partial charge is 0.307 e. The summed E-state index contributed by atoms with van der Waals surface area (Å²) in [6, 6.07) is 0. The minimum absolute atomic E-state index is 0.170. The highest BCUT2D eigenvalue weighted by molar-refractivity contribution is 5.80. The number of carboxylic acid groups (broad SMARTS) is 2. The molecule has 0 saturated heterocycles. The van der Waals surface area contributed by atoms with Crippen molar-refractivity contribution in [2.75, 3.05) is 0 Å². The normalized spacial score (nSPS) is 15.6. The van der Waals surface area contributed by atoms with Crippen molar-refractivity contribution in [1.29, 1.82) is 0 Å². The Bertz CT molecular complexity index is 196. The number of hydrogen-bond donors (Lipinski definition) is 2. The molecule has 4 nitrogen and oxygen atoms in total. The monoisotopic (exact) mass is 202 g/mol. The number of rotatable bonds is 5. The Morgan fingerprint density at radius 1 is 0.786 bits per heavy atom. The van der Waals surface area contributed by atoms with Crippen LogP contribution >= 0.6 is 0 Å². The lowest BCUT2D eigenvalue weighted by Crippen LogP contribution is -2.36.